The van der Waals surface area contributed by atoms with E-state index in [9.17, 15) is 9.18 Å². The molecule has 0 bridgehead atoms. The minimum Gasteiger partial charge on any atom is -0.364 e. The fourth-order valence-electron chi connectivity index (χ4n) is 3.38. The number of carbonyl (C=O) groups excluding carboxylic acids is 1. The quantitative estimate of drug-likeness (QED) is 0.646. The van der Waals surface area contributed by atoms with Crippen LogP contribution in [0.2, 0.25) is 0 Å². The summed E-state index contributed by atoms with van der Waals surface area (Å²) in [5.41, 5.74) is 3.95. The number of anilines is 2. The van der Waals surface area contributed by atoms with Crippen LogP contribution in [0.25, 0.3) is 0 Å². The number of amides is 1. The van der Waals surface area contributed by atoms with Crippen LogP contribution >= 0.6 is 12.2 Å². The Morgan fingerprint density at radius 1 is 1.10 bits per heavy atom. The molecule has 0 spiro atoms. The van der Waals surface area contributed by atoms with Crippen molar-refractivity contribution >= 4 is 34.6 Å². The molecule has 0 saturated carbocycles. The second-order valence-electron chi connectivity index (χ2n) is 6.76. The SMILES string of the molecule is O=C(NC(=S)Nc1ccc(N2CCc3ccccc3C2)c(F)c1)c1cccnc1. The van der Waals surface area contributed by atoms with Gasteiger partial charge in [0.25, 0.3) is 5.91 Å². The maximum Gasteiger partial charge on any atom is 0.258 e. The van der Waals surface area contributed by atoms with Gasteiger partial charge >= 0.3 is 0 Å². The lowest BCUT2D eigenvalue weighted by molar-refractivity contribution is 0.0977. The maximum absolute atomic E-state index is 14.8. The first kappa shape index (κ1) is 19.0. The molecule has 3 aromatic rings. The number of carbonyl (C=O) groups is 1. The van der Waals surface area contributed by atoms with Gasteiger partial charge in [0.05, 0.1) is 11.3 Å². The summed E-state index contributed by atoms with van der Waals surface area (Å²) in [6, 6.07) is 16.4. The fourth-order valence-corrected chi connectivity index (χ4v) is 3.59. The van der Waals surface area contributed by atoms with E-state index in [4.69, 9.17) is 12.2 Å². The molecule has 2 N–H and O–H groups in total. The van der Waals surface area contributed by atoms with Crippen molar-refractivity contribution in [2.45, 2.75) is 13.0 Å². The molecule has 0 saturated heterocycles. The largest absolute Gasteiger partial charge is 0.364 e. The van der Waals surface area contributed by atoms with Crippen LogP contribution < -0.4 is 15.5 Å². The second-order valence-corrected chi connectivity index (χ2v) is 7.16. The van der Waals surface area contributed by atoms with Crippen LogP contribution in [0, 0.1) is 5.82 Å². The summed E-state index contributed by atoms with van der Waals surface area (Å²) in [6.07, 6.45) is 3.92. The van der Waals surface area contributed by atoms with E-state index in [1.54, 1.807) is 30.5 Å². The Morgan fingerprint density at radius 3 is 2.69 bits per heavy atom. The van der Waals surface area contributed by atoms with Gasteiger partial charge in [-0.25, -0.2) is 4.39 Å². The number of rotatable bonds is 3. The molecule has 1 aromatic heterocycles. The first-order valence-electron chi connectivity index (χ1n) is 9.24. The van der Waals surface area contributed by atoms with Crippen LogP contribution in [0.1, 0.15) is 21.5 Å². The monoisotopic (exact) mass is 406 g/mol. The number of pyridine rings is 1. The third kappa shape index (κ3) is 4.41. The summed E-state index contributed by atoms with van der Waals surface area (Å²) in [5, 5.41) is 5.51. The van der Waals surface area contributed by atoms with E-state index in [0.717, 1.165) is 13.0 Å². The molecule has 29 heavy (non-hydrogen) atoms. The van der Waals surface area contributed by atoms with Gasteiger partial charge < -0.3 is 10.2 Å². The van der Waals surface area contributed by atoms with Gasteiger partial charge in [0, 0.05) is 31.2 Å². The molecule has 2 heterocycles. The summed E-state index contributed by atoms with van der Waals surface area (Å²) < 4.78 is 14.8. The highest BCUT2D eigenvalue weighted by Crippen LogP contribution is 2.28. The minimum atomic E-state index is -0.375. The number of fused-ring (bicyclic) bond motifs is 1. The van der Waals surface area contributed by atoms with Crippen molar-refractivity contribution in [2.24, 2.45) is 0 Å². The lowest BCUT2D eigenvalue weighted by Gasteiger charge is -2.31. The summed E-state index contributed by atoms with van der Waals surface area (Å²) in [4.78, 5) is 18.0. The molecule has 0 aliphatic carbocycles. The highest BCUT2D eigenvalue weighted by atomic mass is 32.1. The maximum atomic E-state index is 14.8. The van der Waals surface area contributed by atoms with Crippen molar-refractivity contribution in [1.82, 2.24) is 10.3 Å². The smallest absolute Gasteiger partial charge is 0.258 e. The van der Waals surface area contributed by atoms with Gasteiger partial charge in [-0.1, -0.05) is 24.3 Å². The highest BCUT2D eigenvalue weighted by molar-refractivity contribution is 7.80. The Kier molecular flexibility index (Phi) is 5.48. The highest BCUT2D eigenvalue weighted by Gasteiger charge is 2.19. The average molecular weight is 406 g/mol. The molecular weight excluding hydrogens is 387 g/mol. The molecule has 0 unspecified atom stereocenters. The second kappa shape index (κ2) is 8.36. The van der Waals surface area contributed by atoms with E-state index in [2.05, 4.69) is 27.8 Å². The van der Waals surface area contributed by atoms with E-state index >= 15 is 0 Å². The number of thiocarbonyl (C=S) groups is 1. The average Bonchev–Trinajstić information content (AvgIpc) is 2.74. The molecule has 1 aliphatic rings. The van der Waals surface area contributed by atoms with Crippen LogP contribution in [0.3, 0.4) is 0 Å². The van der Waals surface area contributed by atoms with Crippen molar-refractivity contribution in [3.63, 3.8) is 0 Å². The number of nitrogens with one attached hydrogen (secondary N) is 2. The van der Waals surface area contributed by atoms with Gasteiger partial charge in [-0.15, -0.1) is 0 Å². The zero-order chi connectivity index (χ0) is 20.2. The summed E-state index contributed by atoms with van der Waals surface area (Å²) in [6.45, 7) is 1.44. The van der Waals surface area contributed by atoms with Crippen molar-refractivity contribution in [3.05, 3.63) is 89.5 Å². The predicted octanol–water partition coefficient (Wildman–Crippen LogP) is 3.91. The first-order valence-corrected chi connectivity index (χ1v) is 9.64. The van der Waals surface area contributed by atoms with Crippen LogP contribution in [-0.2, 0) is 13.0 Å². The Morgan fingerprint density at radius 2 is 1.93 bits per heavy atom. The Bertz CT molecular complexity index is 1060. The van der Waals surface area contributed by atoms with Crippen LogP contribution in [-0.4, -0.2) is 22.5 Å². The molecule has 0 fully saturated rings. The van der Waals surface area contributed by atoms with E-state index in [-0.39, 0.29) is 16.8 Å². The third-order valence-corrected chi connectivity index (χ3v) is 5.03. The van der Waals surface area contributed by atoms with Gasteiger partial charge in [-0.2, -0.15) is 0 Å². The number of halogens is 1. The minimum absolute atomic E-state index is 0.0953. The molecule has 1 aliphatic heterocycles. The van der Waals surface area contributed by atoms with E-state index in [0.29, 0.717) is 23.5 Å². The topological polar surface area (TPSA) is 57.3 Å². The van der Waals surface area contributed by atoms with E-state index in [1.165, 1.54) is 23.4 Å². The molecule has 4 rings (SSSR count). The van der Waals surface area contributed by atoms with Gasteiger partial charge in [0.15, 0.2) is 5.11 Å². The lowest BCUT2D eigenvalue weighted by Crippen LogP contribution is -2.34. The van der Waals surface area contributed by atoms with Gasteiger partial charge in [0.2, 0.25) is 0 Å². The Labute approximate surface area is 173 Å². The molecule has 146 valence electrons. The van der Waals surface area contributed by atoms with Gasteiger partial charge in [0.1, 0.15) is 5.82 Å². The lowest BCUT2D eigenvalue weighted by atomic mass is 9.99. The van der Waals surface area contributed by atoms with Crippen LogP contribution in [0.4, 0.5) is 15.8 Å². The Balaban J connectivity index is 1.41. The van der Waals surface area contributed by atoms with Gasteiger partial charge in [-0.3, -0.25) is 15.1 Å². The predicted molar refractivity (Wildman–Crippen MR) is 116 cm³/mol. The van der Waals surface area contributed by atoms with Crippen molar-refractivity contribution in [3.8, 4) is 0 Å². The van der Waals surface area contributed by atoms with E-state index < -0.39 is 0 Å². The normalized spacial score (nSPS) is 12.8. The third-order valence-electron chi connectivity index (χ3n) is 4.83. The summed E-state index contributed by atoms with van der Waals surface area (Å²) >= 11 is 5.16. The molecule has 0 radical (unpaired) electrons. The molecule has 1 amide bonds. The van der Waals surface area contributed by atoms with Crippen molar-refractivity contribution in [2.75, 3.05) is 16.8 Å². The number of nitrogens with zero attached hydrogens (tertiary/aromatic N) is 2. The molecule has 7 heteroatoms. The van der Waals surface area contributed by atoms with Gasteiger partial charge in [-0.05, 0) is 60.1 Å². The van der Waals surface area contributed by atoms with E-state index in [1.807, 2.05) is 17.0 Å². The standard InChI is InChI=1S/C22H19FN4OS/c23-19-12-18(25-22(29)26-21(28)16-6-3-10-24-13-16)7-8-20(19)27-11-9-15-4-1-2-5-17(15)14-27/h1-8,10,12-13H,9,11,14H2,(H2,25,26,28,29). The zero-order valence-corrected chi connectivity index (χ0v) is 16.4. The molecule has 5 nitrogen and oxygen atoms in total. The molecule has 2 aromatic carbocycles. The fraction of sp³-hybridized carbons (Fsp3) is 0.136. The number of benzene rings is 2. The number of hydrogen-bond donors (Lipinski definition) is 2. The summed E-state index contributed by atoms with van der Waals surface area (Å²) in [7, 11) is 0. The molecule has 0 atom stereocenters. The van der Waals surface area contributed by atoms with Crippen molar-refractivity contribution in [1.29, 1.82) is 0 Å². The summed E-state index contributed by atoms with van der Waals surface area (Å²) in [5.74, 6) is -0.713. The first-order chi connectivity index (χ1) is 14.1. The van der Waals surface area contributed by atoms with Crippen LogP contribution in [0.15, 0.2) is 67.0 Å². The Hall–Kier alpha value is -3.32. The number of hydrogen-bond acceptors (Lipinski definition) is 4. The number of aromatic nitrogens is 1. The zero-order valence-electron chi connectivity index (χ0n) is 15.6. The van der Waals surface area contributed by atoms with Crippen LogP contribution in [0.5, 0.6) is 0 Å². The molecular formula is C22H19FN4OS. The van der Waals surface area contributed by atoms with Crippen molar-refractivity contribution < 1.29 is 9.18 Å².